The fourth-order valence-corrected chi connectivity index (χ4v) is 2.91. The highest BCUT2D eigenvalue weighted by Crippen LogP contribution is 2.19. The van der Waals surface area contributed by atoms with Crippen LogP contribution in [0.4, 0.5) is 5.69 Å². The lowest BCUT2D eigenvalue weighted by Crippen LogP contribution is -2.28. The van der Waals surface area contributed by atoms with E-state index in [-0.39, 0.29) is 16.9 Å². The van der Waals surface area contributed by atoms with Crippen molar-refractivity contribution in [2.45, 2.75) is 41.2 Å². The van der Waals surface area contributed by atoms with Crippen LogP contribution in [0.3, 0.4) is 0 Å². The van der Waals surface area contributed by atoms with Crippen molar-refractivity contribution < 1.29 is 9.53 Å². The molecule has 134 valence electrons. The molecule has 0 unspecified atom stereocenters. The molecule has 0 aliphatic heterocycles. The molecule has 0 fully saturated rings. The Bertz CT molecular complexity index is 838. The van der Waals surface area contributed by atoms with Crippen molar-refractivity contribution in [3.8, 4) is 0 Å². The van der Waals surface area contributed by atoms with Crippen LogP contribution in [0.25, 0.3) is 0 Å². The zero-order valence-corrected chi connectivity index (χ0v) is 15.6. The minimum atomic E-state index is -0.374. The number of hydrogen-bond acceptors (Lipinski definition) is 3. The summed E-state index contributed by atoms with van der Waals surface area (Å²) in [4.78, 5) is 25.2. The maximum Gasteiger partial charge on any atom is 0.261 e. The van der Waals surface area contributed by atoms with Gasteiger partial charge in [0, 0.05) is 36.3 Å². The monoisotopic (exact) mass is 342 g/mol. The highest BCUT2D eigenvalue weighted by Gasteiger charge is 2.18. The fraction of sp³-hybridized carbons (Fsp3) is 0.400. The topological polar surface area (TPSA) is 60.3 Å². The normalized spacial score (nSPS) is 10.8. The van der Waals surface area contributed by atoms with Crippen LogP contribution < -0.4 is 10.7 Å². The molecule has 0 radical (unpaired) electrons. The number of anilines is 1. The van der Waals surface area contributed by atoms with Crippen molar-refractivity contribution in [2.75, 3.05) is 18.5 Å². The van der Waals surface area contributed by atoms with E-state index in [4.69, 9.17) is 4.74 Å². The molecular weight excluding hydrogens is 316 g/mol. The number of pyridine rings is 1. The molecule has 1 N–H and O–H groups in total. The standard InChI is InChI=1S/C20H26N2O3/c1-6-25-11-10-22-14(3)12-18(23)19(16(22)5)20(24)21-17-9-7-8-13(2)15(17)4/h7-9,12H,6,10-11H2,1-5H3,(H,21,24). The summed E-state index contributed by atoms with van der Waals surface area (Å²) in [5.41, 5.74) is 4.22. The van der Waals surface area contributed by atoms with Gasteiger partial charge in [0.2, 0.25) is 0 Å². The minimum absolute atomic E-state index is 0.183. The Morgan fingerprint density at radius 3 is 2.60 bits per heavy atom. The Hall–Kier alpha value is -2.40. The zero-order chi connectivity index (χ0) is 18.6. The fourth-order valence-electron chi connectivity index (χ4n) is 2.91. The van der Waals surface area contributed by atoms with E-state index in [2.05, 4.69) is 5.32 Å². The summed E-state index contributed by atoms with van der Waals surface area (Å²) in [7, 11) is 0. The molecule has 2 aromatic rings. The summed E-state index contributed by atoms with van der Waals surface area (Å²) in [6.45, 7) is 11.3. The summed E-state index contributed by atoms with van der Waals surface area (Å²) < 4.78 is 7.36. The van der Waals surface area contributed by atoms with E-state index in [1.807, 2.05) is 50.5 Å². The molecule has 0 aliphatic carbocycles. The zero-order valence-electron chi connectivity index (χ0n) is 15.6. The Morgan fingerprint density at radius 2 is 1.92 bits per heavy atom. The summed E-state index contributed by atoms with van der Waals surface area (Å²) >= 11 is 0. The van der Waals surface area contributed by atoms with Gasteiger partial charge in [-0.25, -0.2) is 0 Å². The number of carbonyl (C=O) groups is 1. The van der Waals surface area contributed by atoms with Crippen molar-refractivity contribution in [1.29, 1.82) is 0 Å². The lowest BCUT2D eigenvalue weighted by atomic mass is 10.1. The van der Waals surface area contributed by atoms with Gasteiger partial charge in [0.15, 0.2) is 5.43 Å². The Morgan fingerprint density at radius 1 is 1.20 bits per heavy atom. The maximum absolute atomic E-state index is 12.8. The maximum atomic E-state index is 12.8. The smallest absolute Gasteiger partial charge is 0.261 e. The van der Waals surface area contributed by atoms with E-state index in [1.54, 1.807) is 6.92 Å². The Balaban J connectivity index is 2.37. The van der Waals surface area contributed by atoms with Crippen LogP contribution >= 0.6 is 0 Å². The van der Waals surface area contributed by atoms with E-state index in [1.165, 1.54) is 6.07 Å². The van der Waals surface area contributed by atoms with Crippen molar-refractivity contribution in [2.24, 2.45) is 0 Å². The molecule has 25 heavy (non-hydrogen) atoms. The largest absolute Gasteiger partial charge is 0.380 e. The van der Waals surface area contributed by atoms with Crippen LogP contribution in [0.2, 0.25) is 0 Å². The lowest BCUT2D eigenvalue weighted by Gasteiger charge is -2.18. The van der Waals surface area contributed by atoms with Crippen LogP contribution in [0.1, 0.15) is 39.8 Å². The number of nitrogens with one attached hydrogen (secondary N) is 1. The third-order valence-electron chi connectivity index (χ3n) is 4.52. The number of aryl methyl sites for hydroxylation is 2. The summed E-state index contributed by atoms with van der Waals surface area (Å²) in [6.07, 6.45) is 0. The van der Waals surface area contributed by atoms with Crippen molar-refractivity contribution in [3.05, 3.63) is 62.6 Å². The van der Waals surface area contributed by atoms with Crippen molar-refractivity contribution in [1.82, 2.24) is 4.57 Å². The SMILES string of the molecule is CCOCCn1c(C)cc(=O)c(C(=O)Nc2cccc(C)c2C)c1C. The molecule has 1 heterocycles. The number of amides is 1. The number of benzene rings is 1. The summed E-state index contributed by atoms with van der Waals surface area (Å²) in [5, 5.41) is 2.88. The van der Waals surface area contributed by atoms with Gasteiger partial charge >= 0.3 is 0 Å². The summed E-state index contributed by atoms with van der Waals surface area (Å²) in [6, 6.07) is 7.23. The number of hydrogen-bond donors (Lipinski definition) is 1. The molecule has 0 saturated carbocycles. The number of aromatic nitrogens is 1. The second-order valence-electron chi connectivity index (χ2n) is 6.16. The molecule has 0 saturated heterocycles. The number of ether oxygens (including phenoxy) is 1. The van der Waals surface area contributed by atoms with Crippen LogP contribution in [0.15, 0.2) is 29.1 Å². The molecule has 5 nitrogen and oxygen atoms in total. The molecule has 0 bridgehead atoms. The van der Waals surface area contributed by atoms with Crippen LogP contribution in [-0.4, -0.2) is 23.7 Å². The summed E-state index contributed by atoms with van der Waals surface area (Å²) in [5.74, 6) is -0.374. The first kappa shape index (κ1) is 18.9. The van der Waals surface area contributed by atoms with Crippen molar-refractivity contribution >= 4 is 11.6 Å². The number of rotatable bonds is 6. The van der Waals surface area contributed by atoms with Crippen molar-refractivity contribution in [3.63, 3.8) is 0 Å². The highest BCUT2D eigenvalue weighted by molar-refractivity contribution is 6.05. The molecule has 1 amide bonds. The molecule has 0 atom stereocenters. The lowest BCUT2D eigenvalue weighted by molar-refractivity contribution is 0.102. The number of nitrogens with zero attached hydrogens (tertiary/aromatic N) is 1. The average molecular weight is 342 g/mol. The van der Waals surface area contributed by atoms with Gasteiger partial charge in [0.05, 0.1) is 6.61 Å². The third-order valence-corrected chi connectivity index (χ3v) is 4.52. The van der Waals surface area contributed by atoms with E-state index >= 15 is 0 Å². The predicted octanol–water partition coefficient (Wildman–Crippen LogP) is 3.37. The first-order valence-electron chi connectivity index (χ1n) is 8.53. The first-order chi connectivity index (χ1) is 11.9. The van der Waals surface area contributed by atoms with Crippen LogP contribution in [-0.2, 0) is 11.3 Å². The van der Waals surface area contributed by atoms with Gasteiger partial charge in [-0.1, -0.05) is 12.1 Å². The average Bonchev–Trinajstić information content (AvgIpc) is 2.54. The second-order valence-corrected chi connectivity index (χ2v) is 6.16. The van der Waals surface area contributed by atoms with E-state index in [0.29, 0.717) is 25.5 Å². The molecule has 1 aromatic heterocycles. The van der Waals surface area contributed by atoms with E-state index < -0.39 is 0 Å². The quantitative estimate of drug-likeness (QED) is 0.819. The molecule has 5 heteroatoms. The van der Waals surface area contributed by atoms with Gasteiger partial charge in [-0.2, -0.15) is 0 Å². The molecule has 2 rings (SSSR count). The van der Waals surface area contributed by atoms with Gasteiger partial charge in [-0.15, -0.1) is 0 Å². The van der Waals surface area contributed by atoms with Crippen LogP contribution in [0, 0.1) is 27.7 Å². The van der Waals surface area contributed by atoms with Gasteiger partial charge in [-0.05, 0) is 51.8 Å². The molecule has 0 spiro atoms. The van der Waals surface area contributed by atoms with Gasteiger partial charge in [0.1, 0.15) is 5.56 Å². The van der Waals surface area contributed by atoms with E-state index in [9.17, 15) is 9.59 Å². The number of carbonyl (C=O) groups excluding carboxylic acids is 1. The minimum Gasteiger partial charge on any atom is -0.380 e. The Labute approximate surface area is 148 Å². The molecule has 0 aliphatic rings. The van der Waals surface area contributed by atoms with Gasteiger partial charge in [0.25, 0.3) is 5.91 Å². The highest BCUT2D eigenvalue weighted by atomic mass is 16.5. The van der Waals surface area contributed by atoms with E-state index in [0.717, 1.165) is 22.5 Å². The second kappa shape index (κ2) is 8.12. The molecule has 1 aromatic carbocycles. The Kier molecular flexibility index (Phi) is 6.15. The first-order valence-corrected chi connectivity index (χ1v) is 8.53. The van der Waals surface area contributed by atoms with Gasteiger partial charge in [-0.3, -0.25) is 9.59 Å². The molecular formula is C20H26N2O3. The predicted molar refractivity (Wildman–Crippen MR) is 101 cm³/mol. The van der Waals surface area contributed by atoms with Gasteiger partial charge < -0.3 is 14.6 Å². The van der Waals surface area contributed by atoms with Crippen LogP contribution in [0.5, 0.6) is 0 Å². The third kappa shape index (κ3) is 4.17.